The van der Waals surface area contributed by atoms with E-state index in [-0.39, 0.29) is 11.8 Å². The minimum atomic E-state index is 0.180. The van der Waals surface area contributed by atoms with Gasteiger partial charge in [0.2, 0.25) is 5.91 Å². The highest BCUT2D eigenvalue weighted by molar-refractivity contribution is 9.10. The molecular formula is C16H23BrN2O. The Kier molecular flexibility index (Phi) is 5.22. The molecule has 0 aromatic heterocycles. The molecule has 1 saturated carbocycles. The fourth-order valence-electron chi connectivity index (χ4n) is 2.90. The Labute approximate surface area is 130 Å². The molecule has 0 radical (unpaired) electrons. The van der Waals surface area contributed by atoms with E-state index in [1.54, 1.807) is 4.90 Å². The second-order valence-electron chi connectivity index (χ2n) is 5.84. The van der Waals surface area contributed by atoms with E-state index in [2.05, 4.69) is 34.9 Å². The molecule has 1 amide bonds. The van der Waals surface area contributed by atoms with E-state index >= 15 is 0 Å². The Morgan fingerprint density at radius 2 is 1.60 bits per heavy atom. The molecule has 20 heavy (non-hydrogen) atoms. The van der Waals surface area contributed by atoms with Crippen molar-refractivity contribution in [2.45, 2.75) is 31.7 Å². The third kappa shape index (κ3) is 3.61. The topological polar surface area (TPSA) is 23.6 Å². The van der Waals surface area contributed by atoms with Gasteiger partial charge in [-0.25, -0.2) is 0 Å². The van der Waals surface area contributed by atoms with Crippen LogP contribution in [-0.2, 0) is 4.79 Å². The van der Waals surface area contributed by atoms with Gasteiger partial charge in [-0.3, -0.25) is 4.79 Å². The molecule has 1 aliphatic carbocycles. The normalized spacial score (nSPS) is 22.9. The summed E-state index contributed by atoms with van der Waals surface area (Å²) in [5.41, 5.74) is 0.966. The fourth-order valence-corrected chi connectivity index (χ4v) is 3.17. The van der Waals surface area contributed by atoms with Crippen molar-refractivity contribution in [1.82, 2.24) is 4.90 Å². The van der Waals surface area contributed by atoms with E-state index < -0.39 is 0 Å². The summed E-state index contributed by atoms with van der Waals surface area (Å²) in [7, 11) is 6.13. The molecule has 0 saturated heterocycles. The summed E-state index contributed by atoms with van der Waals surface area (Å²) < 4.78 is 1.04. The number of rotatable bonds is 3. The number of carbonyl (C=O) groups excluding carboxylic acids is 1. The predicted molar refractivity (Wildman–Crippen MR) is 87.0 cm³/mol. The highest BCUT2D eigenvalue weighted by atomic mass is 79.9. The van der Waals surface area contributed by atoms with Gasteiger partial charge in [-0.1, -0.05) is 15.9 Å². The molecule has 1 aliphatic rings. The minimum absolute atomic E-state index is 0.180. The maximum atomic E-state index is 12.6. The Hall–Kier alpha value is -0.870. The first kappa shape index (κ1) is 15.5. The van der Waals surface area contributed by atoms with Gasteiger partial charge in [-0.15, -0.1) is 0 Å². The first-order valence-electron chi connectivity index (χ1n) is 7.18. The van der Waals surface area contributed by atoms with Crippen molar-refractivity contribution in [2.24, 2.45) is 5.92 Å². The third-order valence-electron chi connectivity index (χ3n) is 4.32. The first-order chi connectivity index (χ1) is 9.49. The monoisotopic (exact) mass is 338 g/mol. The Balaban J connectivity index is 1.96. The highest BCUT2D eigenvalue weighted by Crippen LogP contribution is 2.29. The van der Waals surface area contributed by atoms with Crippen LogP contribution in [0.1, 0.15) is 25.7 Å². The average molecular weight is 339 g/mol. The van der Waals surface area contributed by atoms with Crippen molar-refractivity contribution >= 4 is 27.5 Å². The van der Waals surface area contributed by atoms with Gasteiger partial charge in [0.05, 0.1) is 0 Å². The fraction of sp³-hybridized carbons (Fsp3) is 0.562. The van der Waals surface area contributed by atoms with Gasteiger partial charge in [0.1, 0.15) is 0 Å². The van der Waals surface area contributed by atoms with Crippen LogP contribution in [0.25, 0.3) is 0 Å². The lowest BCUT2D eigenvalue weighted by atomic mass is 9.84. The van der Waals surface area contributed by atoms with Gasteiger partial charge in [0.15, 0.2) is 0 Å². The molecule has 0 atom stereocenters. The summed E-state index contributed by atoms with van der Waals surface area (Å²) in [6, 6.07) is 8.54. The number of halogens is 1. The summed E-state index contributed by atoms with van der Waals surface area (Å²) in [6.07, 6.45) is 4.25. The molecule has 0 heterocycles. The molecule has 0 N–H and O–H groups in total. The van der Waals surface area contributed by atoms with Crippen LogP contribution < -0.4 is 4.90 Å². The van der Waals surface area contributed by atoms with Crippen molar-refractivity contribution < 1.29 is 4.79 Å². The Morgan fingerprint density at radius 1 is 1.05 bits per heavy atom. The molecule has 1 aromatic rings. The van der Waals surface area contributed by atoms with Crippen LogP contribution in [0.4, 0.5) is 5.69 Å². The first-order valence-corrected chi connectivity index (χ1v) is 7.98. The van der Waals surface area contributed by atoms with Gasteiger partial charge < -0.3 is 9.80 Å². The van der Waals surface area contributed by atoms with Crippen molar-refractivity contribution in [3.8, 4) is 0 Å². The van der Waals surface area contributed by atoms with E-state index in [1.807, 2.05) is 31.3 Å². The molecule has 0 aliphatic heterocycles. The van der Waals surface area contributed by atoms with Crippen molar-refractivity contribution in [3.05, 3.63) is 28.7 Å². The van der Waals surface area contributed by atoms with Gasteiger partial charge in [-0.2, -0.15) is 0 Å². The van der Waals surface area contributed by atoms with E-state index in [0.29, 0.717) is 6.04 Å². The van der Waals surface area contributed by atoms with Crippen LogP contribution in [0, 0.1) is 5.92 Å². The summed E-state index contributed by atoms with van der Waals surface area (Å²) in [5, 5.41) is 0. The van der Waals surface area contributed by atoms with Crippen LogP contribution in [0.15, 0.2) is 28.7 Å². The lowest BCUT2D eigenvalue weighted by Crippen LogP contribution is -2.39. The standard InChI is InChI=1S/C16H23BrN2O/c1-18(2)14-8-4-12(5-9-14)16(20)19(3)15-10-6-13(17)7-11-15/h6-7,10-12,14H,4-5,8-9H2,1-3H3. The van der Waals surface area contributed by atoms with E-state index in [9.17, 15) is 4.79 Å². The molecule has 0 spiro atoms. The molecule has 0 bridgehead atoms. The summed E-state index contributed by atoms with van der Waals surface area (Å²) in [6.45, 7) is 0. The van der Waals surface area contributed by atoms with Crippen LogP contribution in [-0.4, -0.2) is 38.0 Å². The van der Waals surface area contributed by atoms with Gasteiger partial charge in [0, 0.05) is 29.2 Å². The minimum Gasteiger partial charge on any atom is -0.315 e. The number of amides is 1. The number of anilines is 1. The number of hydrogen-bond acceptors (Lipinski definition) is 2. The van der Waals surface area contributed by atoms with Crippen molar-refractivity contribution in [2.75, 3.05) is 26.0 Å². The van der Waals surface area contributed by atoms with Crippen molar-refractivity contribution in [3.63, 3.8) is 0 Å². The van der Waals surface area contributed by atoms with Gasteiger partial charge >= 0.3 is 0 Å². The van der Waals surface area contributed by atoms with Gasteiger partial charge in [-0.05, 0) is 64.0 Å². The second kappa shape index (κ2) is 6.72. The summed E-state index contributed by atoms with van der Waals surface area (Å²) in [5.74, 6) is 0.435. The van der Waals surface area contributed by atoms with Crippen LogP contribution in [0.3, 0.4) is 0 Å². The van der Waals surface area contributed by atoms with Crippen LogP contribution >= 0.6 is 15.9 Å². The number of nitrogens with zero attached hydrogens (tertiary/aromatic N) is 2. The molecule has 4 heteroatoms. The lowest BCUT2D eigenvalue weighted by Gasteiger charge is -2.33. The number of benzene rings is 1. The number of hydrogen-bond donors (Lipinski definition) is 0. The molecule has 110 valence electrons. The lowest BCUT2D eigenvalue weighted by molar-refractivity contribution is -0.123. The number of carbonyl (C=O) groups is 1. The molecule has 1 aromatic carbocycles. The van der Waals surface area contributed by atoms with E-state index in [1.165, 1.54) is 0 Å². The highest BCUT2D eigenvalue weighted by Gasteiger charge is 2.29. The van der Waals surface area contributed by atoms with Crippen molar-refractivity contribution in [1.29, 1.82) is 0 Å². The SMILES string of the molecule is CN(C(=O)C1CCC(N(C)C)CC1)c1ccc(Br)cc1. The third-order valence-corrected chi connectivity index (χ3v) is 4.85. The maximum absolute atomic E-state index is 12.6. The average Bonchev–Trinajstić information content (AvgIpc) is 2.46. The van der Waals surface area contributed by atoms with Crippen LogP contribution in [0.2, 0.25) is 0 Å². The zero-order valence-electron chi connectivity index (χ0n) is 12.5. The maximum Gasteiger partial charge on any atom is 0.229 e. The smallest absolute Gasteiger partial charge is 0.229 e. The zero-order chi connectivity index (χ0) is 14.7. The molecular weight excluding hydrogens is 316 g/mol. The largest absolute Gasteiger partial charge is 0.315 e. The zero-order valence-corrected chi connectivity index (χ0v) is 14.1. The van der Waals surface area contributed by atoms with Gasteiger partial charge in [0.25, 0.3) is 0 Å². The molecule has 0 unspecified atom stereocenters. The molecule has 2 rings (SSSR count). The summed E-state index contributed by atoms with van der Waals surface area (Å²) in [4.78, 5) is 16.6. The molecule has 3 nitrogen and oxygen atoms in total. The Morgan fingerprint density at radius 3 is 2.10 bits per heavy atom. The second-order valence-corrected chi connectivity index (χ2v) is 6.76. The molecule has 1 fully saturated rings. The van der Waals surface area contributed by atoms with E-state index in [4.69, 9.17) is 0 Å². The van der Waals surface area contributed by atoms with E-state index in [0.717, 1.165) is 35.8 Å². The Bertz CT molecular complexity index is 450. The predicted octanol–water partition coefficient (Wildman–Crippen LogP) is 3.53. The summed E-state index contributed by atoms with van der Waals surface area (Å²) >= 11 is 3.42. The quantitative estimate of drug-likeness (QED) is 0.841. The van der Waals surface area contributed by atoms with Crippen LogP contribution in [0.5, 0.6) is 0 Å².